The Hall–Kier alpha value is -3.51. The first-order valence-electron chi connectivity index (χ1n) is 10.1. The largest absolute Gasteiger partial charge is 0.497 e. The van der Waals surface area contributed by atoms with Crippen LogP contribution in [0.5, 0.6) is 17.2 Å². The number of hydrogen-bond donors (Lipinski definition) is 1. The van der Waals surface area contributed by atoms with Crippen LogP contribution in [0.25, 0.3) is 6.08 Å². The van der Waals surface area contributed by atoms with Crippen molar-refractivity contribution in [2.45, 2.75) is 13.2 Å². The Labute approximate surface area is 206 Å². The van der Waals surface area contributed by atoms with Crippen LogP contribution in [0.3, 0.4) is 0 Å². The van der Waals surface area contributed by atoms with Crippen molar-refractivity contribution < 1.29 is 19.0 Å². The molecule has 0 atom stereocenters. The first kappa shape index (κ1) is 24.1. The van der Waals surface area contributed by atoms with E-state index in [1.54, 1.807) is 32.4 Å². The lowest BCUT2D eigenvalue weighted by Gasteiger charge is -2.12. The second-order valence-corrected chi connectivity index (χ2v) is 8.27. The summed E-state index contributed by atoms with van der Waals surface area (Å²) in [6.07, 6.45) is 1.52. The van der Waals surface area contributed by atoms with E-state index in [0.29, 0.717) is 30.2 Å². The molecule has 0 spiro atoms. The monoisotopic (exact) mass is 554 g/mol. The second-order valence-electron chi connectivity index (χ2n) is 7.03. The van der Waals surface area contributed by atoms with Crippen molar-refractivity contribution >= 4 is 34.6 Å². The number of nitrogens with zero attached hydrogens (tertiary/aromatic N) is 1. The average Bonchev–Trinajstić information content (AvgIpc) is 2.86. The molecule has 0 saturated carbocycles. The Morgan fingerprint density at radius 3 is 2.30 bits per heavy atom. The molecule has 0 fully saturated rings. The molecule has 33 heavy (non-hydrogen) atoms. The highest BCUT2D eigenvalue weighted by molar-refractivity contribution is 14.1. The zero-order valence-electron chi connectivity index (χ0n) is 18.3. The van der Waals surface area contributed by atoms with E-state index >= 15 is 0 Å². The molecule has 0 radical (unpaired) electrons. The van der Waals surface area contributed by atoms with Crippen molar-refractivity contribution in [1.29, 1.82) is 5.26 Å². The van der Waals surface area contributed by atoms with Gasteiger partial charge in [-0.3, -0.25) is 4.79 Å². The molecule has 168 valence electrons. The molecular formula is C26H23IN2O4. The number of carbonyl (C=O) groups excluding carboxylic acids is 1. The van der Waals surface area contributed by atoms with E-state index in [9.17, 15) is 10.1 Å². The van der Waals surface area contributed by atoms with E-state index in [0.717, 1.165) is 20.4 Å². The smallest absolute Gasteiger partial charge is 0.262 e. The van der Waals surface area contributed by atoms with Crippen LogP contribution in [0.1, 0.15) is 16.7 Å². The lowest BCUT2D eigenvalue weighted by Crippen LogP contribution is -2.23. The highest BCUT2D eigenvalue weighted by Gasteiger charge is 2.11. The van der Waals surface area contributed by atoms with Gasteiger partial charge in [-0.15, -0.1) is 0 Å². The number of ether oxygens (including phenoxy) is 3. The van der Waals surface area contributed by atoms with Gasteiger partial charge in [0.15, 0.2) is 11.5 Å². The van der Waals surface area contributed by atoms with Crippen molar-refractivity contribution in [2.24, 2.45) is 0 Å². The second kappa shape index (κ2) is 11.9. The predicted molar refractivity (Wildman–Crippen MR) is 135 cm³/mol. The van der Waals surface area contributed by atoms with Gasteiger partial charge in [-0.25, -0.2) is 0 Å². The van der Waals surface area contributed by atoms with Crippen LogP contribution in [-0.2, 0) is 17.9 Å². The van der Waals surface area contributed by atoms with Gasteiger partial charge < -0.3 is 19.5 Å². The number of benzene rings is 3. The Kier molecular flexibility index (Phi) is 8.72. The maximum atomic E-state index is 12.5. The molecule has 0 heterocycles. The Bertz CT molecular complexity index is 1170. The summed E-state index contributed by atoms with van der Waals surface area (Å²) in [7, 11) is 3.14. The first-order valence-corrected chi connectivity index (χ1v) is 11.2. The summed E-state index contributed by atoms with van der Waals surface area (Å²) in [4.78, 5) is 12.5. The molecule has 0 aromatic heterocycles. The molecule has 1 N–H and O–H groups in total. The molecule has 3 aromatic rings. The molecular weight excluding hydrogens is 531 g/mol. The number of hydrogen-bond acceptors (Lipinski definition) is 5. The predicted octanol–water partition coefficient (Wildman–Crippen LogP) is 5.11. The molecule has 1 amide bonds. The average molecular weight is 554 g/mol. The molecule has 0 bridgehead atoms. The Morgan fingerprint density at radius 2 is 1.67 bits per heavy atom. The van der Waals surface area contributed by atoms with E-state index in [1.165, 1.54) is 6.08 Å². The van der Waals surface area contributed by atoms with Crippen molar-refractivity contribution in [3.63, 3.8) is 0 Å². The summed E-state index contributed by atoms with van der Waals surface area (Å²) in [6, 6.07) is 22.6. The Morgan fingerprint density at radius 1 is 0.970 bits per heavy atom. The summed E-state index contributed by atoms with van der Waals surface area (Å²) in [5.41, 5.74) is 2.60. The normalized spacial score (nSPS) is 10.8. The topological polar surface area (TPSA) is 80.6 Å². The molecule has 0 aliphatic carbocycles. The van der Waals surface area contributed by atoms with Gasteiger partial charge in [-0.2, -0.15) is 5.26 Å². The van der Waals surface area contributed by atoms with Crippen LogP contribution in [0.4, 0.5) is 0 Å². The van der Waals surface area contributed by atoms with Gasteiger partial charge in [-0.05, 0) is 81.8 Å². The van der Waals surface area contributed by atoms with Crippen LogP contribution < -0.4 is 19.5 Å². The minimum Gasteiger partial charge on any atom is -0.497 e. The molecule has 3 rings (SSSR count). The van der Waals surface area contributed by atoms with E-state index in [-0.39, 0.29) is 5.57 Å². The lowest BCUT2D eigenvalue weighted by molar-refractivity contribution is -0.117. The van der Waals surface area contributed by atoms with Gasteiger partial charge in [0, 0.05) is 10.1 Å². The van der Waals surface area contributed by atoms with Crippen LogP contribution in [0.15, 0.2) is 72.3 Å². The molecule has 0 aliphatic heterocycles. The van der Waals surface area contributed by atoms with E-state index in [1.807, 2.05) is 54.6 Å². The fourth-order valence-electron chi connectivity index (χ4n) is 2.97. The first-order chi connectivity index (χ1) is 16.0. The molecule has 7 heteroatoms. The summed E-state index contributed by atoms with van der Waals surface area (Å²) >= 11 is 2.26. The number of rotatable bonds is 9. The van der Waals surface area contributed by atoms with Crippen molar-refractivity contribution in [1.82, 2.24) is 5.32 Å². The van der Waals surface area contributed by atoms with E-state index < -0.39 is 5.91 Å². The third-order valence-corrected chi connectivity index (χ3v) is 5.50. The van der Waals surface area contributed by atoms with Gasteiger partial charge in [0.25, 0.3) is 5.91 Å². The number of nitriles is 1. The standard InChI is InChI=1S/C26H23IN2O4/c1-31-23-10-5-18(6-11-23)16-29-26(30)21(15-28)13-20-7-12-24(25(14-20)32-2)33-17-19-3-8-22(27)9-4-19/h3-14H,16-17H2,1-2H3,(H,29,30)/b21-13-. The summed E-state index contributed by atoms with van der Waals surface area (Å²) in [5.74, 6) is 1.38. The van der Waals surface area contributed by atoms with Crippen LogP contribution >= 0.6 is 22.6 Å². The van der Waals surface area contributed by atoms with Crippen LogP contribution in [0, 0.1) is 14.9 Å². The summed E-state index contributed by atoms with van der Waals surface area (Å²) in [6.45, 7) is 0.705. The number of nitrogens with one attached hydrogen (secondary N) is 1. The van der Waals surface area contributed by atoms with Gasteiger partial charge in [0.05, 0.1) is 14.2 Å². The minimum absolute atomic E-state index is 0.00174. The molecule has 0 unspecified atom stereocenters. The fourth-order valence-corrected chi connectivity index (χ4v) is 3.33. The quantitative estimate of drug-likeness (QED) is 0.226. The molecule has 0 saturated heterocycles. The summed E-state index contributed by atoms with van der Waals surface area (Å²) < 4.78 is 17.6. The van der Waals surface area contributed by atoms with Gasteiger partial charge >= 0.3 is 0 Å². The molecule has 6 nitrogen and oxygen atoms in total. The summed E-state index contributed by atoms with van der Waals surface area (Å²) in [5, 5.41) is 12.2. The van der Waals surface area contributed by atoms with E-state index in [4.69, 9.17) is 14.2 Å². The van der Waals surface area contributed by atoms with Crippen LogP contribution in [0.2, 0.25) is 0 Å². The van der Waals surface area contributed by atoms with Crippen molar-refractivity contribution in [2.75, 3.05) is 14.2 Å². The van der Waals surface area contributed by atoms with Crippen molar-refractivity contribution in [3.05, 3.63) is 92.6 Å². The van der Waals surface area contributed by atoms with Gasteiger partial charge in [0.2, 0.25) is 0 Å². The number of amides is 1. The molecule has 0 aliphatic rings. The number of halogens is 1. The Balaban J connectivity index is 1.66. The zero-order valence-corrected chi connectivity index (χ0v) is 20.5. The number of carbonyl (C=O) groups is 1. The third-order valence-electron chi connectivity index (χ3n) is 4.78. The lowest BCUT2D eigenvalue weighted by atomic mass is 10.1. The van der Waals surface area contributed by atoms with Crippen molar-refractivity contribution in [3.8, 4) is 23.3 Å². The number of methoxy groups -OCH3 is 2. The highest BCUT2D eigenvalue weighted by atomic mass is 127. The van der Waals surface area contributed by atoms with Crippen LogP contribution in [-0.4, -0.2) is 20.1 Å². The third kappa shape index (κ3) is 6.99. The minimum atomic E-state index is -0.452. The van der Waals surface area contributed by atoms with Gasteiger partial charge in [0.1, 0.15) is 24.0 Å². The fraction of sp³-hybridized carbons (Fsp3) is 0.154. The SMILES string of the molecule is COc1ccc(CNC(=O)/C(C#N)=C\c2ccc(OCc3ccc(I)cc3)c(OC)c2)cc1. The highest BCUT2D eigenvalue weighted by Crippen LogP contribution is 2.29. The maximum Gasteiger partial charge on any atom is 0.262 e. The zero-order chi connectivity index (χ0) is 23.6. The molecule has 3 aromatic carbocycles. The maximum absolute atomic E-state index is 12.5. The van der Waals surface area contributed by atoms with E-state index in [2.05, 4.69) is 27.9 Å². The van der Waals surface area contributed by atoms with Gasteiger partial charge in [-0.1, -0.05) is 30.3 Å².